The van der Waals surface area contributed by atoms with Crippen LogP contribution in [0.2, 0.25) is 0 Å². The molecule has 0 unspecified atom stereocenters. The summed E-state index contributed by atoms with van der Waals surface area (Å²) >= 11 is 0.900. The Bertz CT molecular complexity index is 187. The first-order valence-corrected chi connectivity index (χ1v) is 5.31. The number of rotatable bonds is 3. The van der Waals surface area contributed by atoms with E-state index in [0.29, 0.717) is 0 Å². The largest absolute Gasteiger partial charge is 0.329 e. The molecule has 0 aromatic carbocycles. The molecule has 0 aromatic heterocycles. The first-order valence-electron chi connectivity index (χ1n) is 4.54. The summed E-state index contributed by atoms with van der Waals surface area (Å²) in [7, 11) is 0. The van der Waals surface area contributed by atoms with E-state index in [1.54, 1.807) is 0 Å². The van der Waals surface area contributed by atoms with Gasteiger partial charge >= 0.3 is 0 Å². The second kappa shape index (κ2) is 4.87. The summed E-state index contributed by atoms with van der Waals surface area (Å²) in [6, 6.07) is 0. The van der Waals surface area contributed by atoms with Crippen LogP contribution in [0.25, 0.3) is 0 Å². The third-order valence-corrected chi connectivity index (χ3v) is 3.34. The fourth-order valence-electron chi connectivity index (χ4n) is 1.25. The lowest BCUT2D eigenvalue weighted by atomic mass is 9.79. The lowest BCUT2D eigenvalue weighted by Crippen LogP contribution is -2.35. The predicted octanol–water partition coefficient (Wildman–Crippen LogP) is 4.13. The Kier molecular flexibility index (Phi) is 4.79. The highest BCUT2D eigenvalue weighted by Gasteiger charge is 2.37. The van der Waals surface area contributed by atoms with E-state index < -0.39 is 0 Å². The summed E-state index contributed by atoms with van der Waals surface area (Å²) in [6.07, 6.45) is 8.04. The number of allylic oxidation sites excluding steroid dienone is 2. The Morgan fingerprint density at radius 2 is 1.38 bits per heavy atom. The van der Waals surface area contributed by atoms with E-state index >= 15 is 0 Å². The van der Waals surface area contributed by atoms with E-state index in [0.717, 1.165) is 12.0 Å². The molecule has 0 aromatic rings. The molecule has 0 saturated carbocycles. The SMILES string of the molecule is CC=CC(C=CC)(SO)C(C)(C)C. The minimum absolute atomic E-state index is 0.00539. The average molecular weight is 200 g/mol. The Morgan fingerprint density at radius 3 is 1.54 bits per heavy atom. The van der Waals surface area contributed by atoms with Crippen molar-refractivity contribution in [2.75, 3.05) is 0 Å². The van der Waals surface area contributed by atoms with Crippen LogP contribution in [0.5, 0.6) is 0 Å². The minimum Gasteiger partial charge on any atom is -0.329 e. The summed E-state index contributed by atoms with van der Waals surface area (Å²) < 4.78 is 9.08. The Hall–Kier alpha value is -0.210. The summed E-state index contributed by atoms with van der Waals surface area (Å²) in [5, 5.41) is 0. The van der Waals surface area contributed by atoms with E-state index in [2.05, 4.69) is 20.8 Å². The van der Waals surface area contributed by atoms with Gasteiger partial charge in [-0.15, -0.1) is 0 Å². The maximum atomic E-state index is 9.39. The first-order chi connectivity index (χ1) is 5.93. The van der Waals surface area contributed by atoms with E-state index in [1.807, 2.05) is 38.2 Å². The highest BCUT2D eigenvalue weighted by molar-refractivity contribution is 7.95. The van der Waals surface area contributed by atoms with E-state index in [4.69, 9.17) is 0 Å². The maximum absolute atomic E-state index is 9.39. The van der Waals surface area contributed by atoms with Crippen molar-refractivity contribution in [1.82, 2.24) is 0 Å². The topological polar surface area (TPSA) is 20.2 Å². The molecule has 1 nitrogen and oxygen atoms in total. The van der Waals surface area contributed by atoms with Gasteiger partial charge in [0.15, 0.2) is 0 Å². The van der Waals surface area contributed by atoms with Gasteiger partial charge in [-0.05, 0) is 19.3 Å². The fourth-order valence-corrected chi connectivity index (χ4v) is 1.92. The van der Waals surface area contributed by atoms with Gasteiger partial charge in [0.25, 0.3) is 0 Å². The third kappa shape index (κ3) is 2.89. The number of hydrogen-bond donors (Lipinski definition) is 1. The molecule has 0 aliphatic heterocycles. The summed E-state index contributed by atoms with van der Waals surface area (Å²) in [5.74, 6) is 0. The highest BCUT2D eigenvalue weighted by atomic mass is 32.2. The van der Waals surface area contributed by atoms with Crippen LogP contribution in [0.1, 0.15) is 34.6 Å². The summed E-state index contributed by atoms with van der Waals surface area (Å²) in [5.41, 5.74) is 0.00539. The van der Waals surface area contributed by atoms with Gasteiger partial charge in [-0.2, -0.15) is 0 Å². The normalized spacial score (nSPS) is 18.3. The second-order valence-electron chi connectivity index (χ2n) is 4.13. The molecule has 0 fully saturated rings. The second-order valence-corrected chi connectivity index (χ2v) is 4.99. The molecular weight excluding hydrogens is 180 g/mol. The number of hydrogen-bond acceptors (Lipinski definition) is 2. The van der Waals surface area contributed by atoms with Gasteiger partial charge < -0.3 is 4.55 Å². The molecule has 0 spiro atoms. The van der Waals surface area contributed by atoms with Crippen molar-refractivity contribution in [3.8, 4) is 0 Å². The van der Waals surface area contributed by atoms with Crippen molar-refractivity contribution in [3.63, 3.8) is 0 Å². The van der Waals surface area contributed by atoms with E-state index in [9.17, 15) is 4.55 Å². The van der Waals surface area contributed by atoms with Crippen molar-refractivity contribution >= 4 is 12.0 Å². The Balaban J connectivity index is 5.10. The lowest BCUT2D eigenvalue weighted by molar-refractivity contribution is 0.364. The fraction of sp³-hybridized carbons (Fsp3) is 0.636. The molecule has 0 heterocycles. The Morgan fingerprint density at radius 1 is 1.00 bits per heavy atom. The minimum atomic E-state index is -0.309. The van der Waals surface area contributed by atoms with Crippen LogP contribution >= 0.6 is 12.0 Å². The molecule has 0 aliphatic carbocycles. The average Bonchev–Trinajstić information content (AvgIpc) is 2.02. The van der Waals surface area contributed by atoms with Gasteiger partial charge in [-0.1, -0.05) is 45.1 Å². The molecule has 0 radical (unpaired) electrons. The van der Waals surface area contributed by atoms with E-state index in [1.165, 1.54) is 0 Å². The Labute approximate surface area is 86.1 Å². The summed E-state index contributed by atoms with van der Waals surface area (Å²) in [4.78, 5) is 0. The molecule has 0 rings (SSSR count). The monoisotopic (exact) mass is 200 g/mol. The van der Waals surface area contributed by atoms with Gasteiger partial charge in [0.05, 0.1) is 4.75 Å². The molecule has 1 N–H and O–H groups in total. The smallest absolute Gasteiger partial charge is 0.0827 e. The van der Waals surface area contributed by atoms with Gasteiger partial charge in [-0.3, -0.25) is 0 Å². The van der Waals surface area contributed by atoms with Crippen molar-refractivity contribution < 1.29 is 4.55 Å². The zero-order valence-electron chi connectivity index (χ0n) is 9.16. The molecule has 0 saturated heterocycles. The van der Waals surface area contributed by atoms with Crippen LogP contribution in [-0.4, -0.2) is 9.30 Å². The highest BCUT2D eigenvalue weighted by Crippen LogP contribution is 2.43. The predicted molar refractivity (Wildman–Crippen MR) is 62.0 cm³/mol. The zero-order valence-corrected chi connectivity index (χ0v) is 9.98. The van der Waals surface area contributed by atoms with Crippen molar-refractivity contribution in [2.45, 2.75) is 39.4 Å². The van der Waals surface area contributed by atoms with Crippen molar-refractivity contribution in [3.05, 3.63) is 24.3 Å². The zero-order chi connectivity index (χ0) is 10.5. The molecule has 0 bridgehead atoms. The van der Waals surface area contributed by atoms with Gasteiger partial charge in [-0.25, -0.2) is 0 Å². The quantitative estimate of drug-likeness (QED) is 0.546. The molecule has 0 atom stereocenters. The van der Waals surface area contributed by atoms with Crippen molar-refractivity contribution in [1.29, 1.82) is 0 Å². The first kappa shape index (κ1) is 12.8. The van der Waals surface area contributed by atoms with Crippen LogP contribution in [0, 0.1) is 5.41 Å². The van der Waals surface area contributed by atoms with Crippen LogP contribution in [-0.2, 0) is 0 Å². The molecular formula is C11H20OS. The maximum Gasteiger partial charge on any atom is 0.0827 e. The third-order valence-electron chi connectivity index (χ3n) is 2.15. The molecule has 2 heteroatoms. The van der Waals surface area contributed by atoms with Crippen LogP contribution < -0.4 is 0 Å². The molecule has 76 valence electrons. The van der Waals surface area contributed by atoms with E-state index in [-0.39, 0.29) is 10.2 Å². The van der Waals surface area contributed by atoms with Crippen LogP contribution in [0.3, 0.4) is 0 Å². The van der Waals surface area contributed by atoms with Gasteiger partial charge in [0.1, 0.15) is 0 Å². The standard InChI is InChI=1S/C11H20OS/c1-6-8-11(13-12,9-7-2)10(3,4)5/h6-9,12H,1-5H3. The van der Waals surface area contributed by atoms with Crippen LogP contribution in [0.4, 0.5) is 0 Å². The molecule has 13 heavy (non-hydrogen) atoms. The van der Waals surface area contributed by atoms with Crippen molar-refractivity contribution in [2.24, 2.45) is 5.41 Å². The summed E-state index contributed by atoms with van der Waals surface area (Å²) in [6.45, 7) is 10.3. The molecule has 0 amide bonds. The lowest BCUT2D eigenvalue weighted by Gasteiger charge is -2.37. The van der Waals surface area contributed by atoms with Crippen LogP contribution in [0.15, 0.2) is 24.3 Å². The molecule has 0 aliphatic rings. The van der Waals surface area contributed by atoms with Gasteiger partial charge in [0, 0.05) is 12.0 Å². The van der Waals surface area contributed by atoms with Gasteiger partial charge in [0.2, 0.25) is 0 Å².